The molecule has 29 heavy (non-hydrogen) atoms. The topological polar surface area (TPSA) is 111 Å². The van der Waals surface area contributed by atoms with Crippen LogP contribution in [-0.4, -0.2) is 38.4 Å². The maximum Gasteiger partial charge on any atom is 0.419 e. The zero-order valence-corrected chi connectivity index (χ0v) is 16.5. The van der Waals surface area contributed by atoms with E-state index in [9.17, 15) is 19.7 Å². The van der Waals surface area contributed by atoms with Crippen LogP contribution in [0.15, 0.2) is 39.0 Å². The molecule has 0 bridgehead atoms. The van der Waals surface area contributed by atoms with Gasteiger partial charge in [0.25, 0.3) is 5.69 Å². The van der Waals surface area contributed by atoms with E-state index in [2.05, 4.69) is 4.98 Å². The Morgan fingerprint density at radius 3 is 3.03 bits per heavy atom. The molecule has 1 aliphatic heterocycles. The largest absolute Gasteiger partial charge is 0.419 e. The number of amides is 1. The zero-order valence-electron chi connectivity index (χ0n) is 15.7. The van der Waals surface area contributed by atoms with E-state index in [0.29, 0.717) is 37.4 Å². The van der Waals surface area contributed by atoms with Crippen LogP contribution < -0.4 is 5.76 Å². The minimum Gasteiger partial charge on any atom is -0.407 e. The quantitative estimate of drug-likeness (QED) is 0.451. The number of aromatic nitrogens is 2. The second-order valence-corrected chi connectivity index (χ2v) is 8.01. The van der Waals surface area contributed by atoms with Crippen LogP contribution in [0.4, 0.5) is 5.69 Å². The van der Waals surface area contributed by atoms with Crippen molar-refractivity contribution < 1.29 is 14.1 Å². The fourth-order valence-corrected chi connectivity index (χ4v) is 4.54. The number of rotatable bonds is 6. The minimum atomic E-state index is -0.574. The SMILES string of the molecule is O=C(CCCn1c(=O)oc2cc([N+](=O)[O-])ccc21)N1CCCC(c2nccs2)C1. The lowest BCUT2D eigenvalue weighted by Gasteiger charge is -2.32. The summed E-state index contributed by atoms with van der Waals surface area (Å²) in [6, 6.07) is 4.08. The standard InChI is InChI=1S/C19H20N4O5S/c24-17(21-8-1-3-13(12-21)18-20-7-10-29-18)4-2-9-22-15-6-5-14(23(26)27)11-16(15)28-19(22)25/h5-7,10-11,13H,1-4,8-9,12H2. The molecule has 0 aliphatic carbocycles. The summed E-state index contributed by atoms with van der Waals surface area (Å²) >= 11 is 1.63. The fraction of sp³-hybridized carbons (Fsp3) is 0.421. The molecule has 0 N–H and O–H groups in total. The summed E-state index contributed by atoms with van der Waals surface area (Å²) in [5.41, 5.74) is 0.543. The molecular formula is C19H20N4O5S. The molecule has 2 aromatic heterocycles. The number of hydrogen-bond acceptors (Lipinski definition) is 7. The van der Waals surface area contributed by atoms with Crippen LogP contribution in [-0.2, 0) is 11.3 Å². The second-order valence-electron chi connectivity index (χ2n) is 7.08. The van der Waals surface area contributed by atoms with Crippen LogP contribution in [0.1, 0.15) is 36.6 Å². The van der Waals surface area contributed by atoms with E-state index < -0.39 is 10.7 Å². The Morgan fingerprint density at radius 2 is 2.28 bits per heavy atom. The van der Waals surface area contributed by atoms with E-state index in [1.165, 1.54) is 22.8 Å². The molecule has 1 amide bonds. The monoisotopic (exact) mass is 416 g/mol. The molecule has 9 nitrogen and oxygen atoms in total. The van der Waals surface area contributed by atoms with E-state index in [1.54, 1.807) is 17.5 Å². The molecule has 4 rings (SSSR count). The van der Waals surface area contributed by atoms with Crippen molar-refractivity contribution >= 4 is 34.0 Å². The highest BCUT2D eigenvalue weighted by molar-refractivity contribution is 7.09. The van der Waals surface area contributed by atoms with E-state index in [-0.39, 0.29) is 17.2 Å². The number of nitro benzene ring substituents is 1. The summed E-state index contributed by atoms with van der Waals surface area (Å²) in [6.07, 6.45) is 4.61. The maximum atomic E-state index is 12.6. The van der Waals surface area contributed by atoms with E-state index in [0.717, 1.165) is 24.4 Å². The Labute approximate surface area is 169 Å². The van der Waals surface area contributed by atoms with Crippen molar-refractivity contribution in [3.8, 4) is 0 Å². The number of aryl methyl sites for hydroxylation is 1. The molecule has 3 aromatic rings. The molecule has 0 saturated carbocycles. The zero-order chi connectivity index (χ0) is 20.4. The third-order valence-corrected chi connectivity index (χ3v) is 6.15. The molecule has 1 fully saturated rings. The van der Waals surface area contributed by atoms with Gasteiger partial charge in [0.15, 0.2) is 5.58 Å². The molecule has 1 aliphatic rings. The molecule has 1 aromatic carbocycles. The van der Waals surface area contributed by atoms with Crippen LogP contribution in [0.5, 0.6) is 0 Å². The van der Waals surface area contributed by atoms with Crippen molar-refractivity contribution in [3.05, 3.63) is 55.4 Å². The first kappa shape index (κ1) is 19.3. The average molecular weight is 416 g/mol. The average Bonchev–Trinajstić information content (AvgIpc) is 3.36. The van der Waals surface area contributed by atoms with Gasteiger partial charge in [0.1, 0.15) is 0 Å². The van der Waals surface area contributed by atoms with Crippen molar-refractivity contribution in [2.24, 2.45) is 0 Å². The molecular weight excluding hydrogens is 396 g/mol. The fourth-order valence-electron chi connectivity index (χ4n) is 3.77. The van der Waals surface area contributed by atoms with Gasteiger partial charge in [-0.25, -0.2) is 9.78 Å². The number of nitrogens with zero attached hydrogens (tertiary/aromatic N) is 4. The molecule has 1 atom stereocenters. The van der Waals surface area contributed by atoms with Gasteiger partial charge in [-0.15, -0.1) is 11.3 Å². The lowest BCUT2D eigenvalue weighted by molar-refractivity contribution is -0.384. The summed E-state index contributed by atoms with van der Waals surface area (Å²) in [6.45, 7) is 1.75. The van der Waals surface area contributed by atoms with Gasteiger partial charge in [-0.2, -0.15) is 0 Å². The van der Waals surface area contributed by atoms with Crippen LogP contribution >= 0.6 is 11.3 Å². The van der Waals surface area contributed by atoms with Crippen molar-refractivity contribution in [2.75, 3.05) is 13.1 Å². The van der Waals surface area contributed by atoms with Crippen LogP contribution in [0.2, 0.25) is 0 Å². The maximum absolute atomic E-state index is 12.6. The predicted molar refractivity (Wildman–Crippen MR) is 107 cm³/mol. The molecule has 3 heterocycles. The summed E-state index contributed by atoms with van der Waals surface area (Å²) in [5, 5.41) is 13.9. The van der Waals surface area contributed by atoms with Gasteiger partial charge in [-0.1, -0.05) is 0 Å². The van der Waals surface area contributed by atoms with Crippen molar-refractivity contribution in [3.63, 3.8) is 0 Å². The summed E-state index contributed by atoms with van der Waals surface area (Å²) < 4.78 is 6.54. The number of nitro groups is 1. The van der Waals surface area contributed by atoms with Gasteiger partial charge >= 0.3 is 5.76 Å². The van der Waals surface area contributed by atoms with Gasteiger partial charge in [0, 0.05) is 49.6 Å². The minimum absolute atomic E-state index is 0.0720. The van der Waals surface area contributed by atoms with Crippen LogP contribution in [0, 0.1) is 10.1 Å². The Bertz CT molecular complexity index is 1090. The first-order chi connectivity index (χ1) is 14.0. The lowest BCUT2D eigenvalue weighted by Crippen LogP contribution is -2.39. The van der Waals surface area contributed by atoms with Crippen molar-refractivity contribution in [1.29, 1.82) is 0 Å². The van der Waals surface area contributed by atoms with Gasteiger partial charge in [-0.3, -0.25) is 19.5 Å². The normalized spacial score (nSPS) is 17.0. The highest BCUT2D eigenvalue weighted by atomic mass is 32.1. The van der Waals surface area contributed by atoms with Gasteiger partial charge in [0.2, 0.25) is 5.91 Å². The number of carbonyl (C=O) groups excluding carboxylic acids is 1. The highest BCUT2D eigenvalue weighted by Gasteiger charge is 2.26. The molecule has 10 heteroatoms. The lowest BCUT2D eigenvalue weighted by atomic mass is 9.98. The Morgan fingerprint density at radius 1 is 1.41 bits per heavy atom. The third-order valence-electron chi connectivity index (χ3n) is 5.21. The summed E-state index contributed by atoms with van der Waals surface area (Å²) in [7, 11) is 0. The molecule has 0 radical (unpaired) electrons. The van der Waals surface area contributed by atoms with Crippen molar-refractivity contribution in [1.82, 2.24) is 14.5 Å². The first-order valence-electron chi connectivity index (χ1n) is 9.48. The van der Waals surface area contributed by atoms with Crippen molar-refractivity contribution in [2.45, 2.75) is 38.1 Å². The Hall–Kier alpha value is -3.01. The Balaban J connectivity index is 1.37. The number of fused-ring (bicyclic) bond motifs is 1. The number of carbonyl (C=O) groups is 1. The number of benzene rings is 1. The molecule has 152 valence electrons. The number of likely N-dealkylation sites (tertiary alicyclic amines) is 1. The van der Waals surface area contributed by atoms with Crippen LogP contribution in [0.25, 0.3) is 11.1 Å². The highest BCUT2D eigenvalue weighted by Crippen LogP contribution is 2.28. The predicted octanol–water partition coefficient (Wildman–Crippen LogP) is 3.15. The number of piperidine rings is 1. The van der Waals surface area contributed by atoms with Gasteiger partial charge < -0.3 is 9.32 Å². The number of thiazole rings is 1. The summed E-state index contributed by atoms with van der Waals surface area (Å²) in [5.74, 6) is -0.207. The van der Waals surface area contributed by atoms with Gasteiger partial charge in [-0.05, 0) is 25.3 Å². The second kappa shape index (κ2) is 8.16. The van der Waals surface area contributed by atoms with E-state index in [4.69, 9.17) is 4.42 Å². The van der Waals surface area contributed by atoms with E-state index in [1.807, 2.05) is 10.3 Å². The van der Waals surface area contributed by atoms with Gasteiger partial charge in [0.05, 0.1) is 21.5 Å². The number of oxazole rings is 1. The summed E-state index contributed by atoms with van der Waals surface area (Å²) in [4.78, 5) is 41.3. The number of hydrogen-bond donors (Lipinski definition) is 0. The van der Waals surface area contributed by atoms with Crippen LogP contribution in [0.3, 0.4) is 0 Å². The molecule has 1 saturated heterocycles. The first-order valence-corrected chi connectivity index (χ1v) is 10.4. The number of non-ortho nitro benzene ring substituents is 1. The smallest absolute Gasteiger partial charge is 0.407 e. The molecule has 1 unspecified atom stereocenters. The third kappa shape index (κ3) is 4.07. The molecule has 0 spiro atoms. The van der Waals surface area contributed by atoms with E-state index >= 15 is 0 Å². The Kier molecular flexibility index (Phi) is 5.43.